The molecule has 0 saturated carbocycles. The number of amides is 1. The molecule has 1 fully saturated rings. The number of piperidine rings is 1. The minimum absolute atomic E-state index is 0.153. The lowest BCUT2D eigenvalue weighted by molar-refractivity contribution is -0.127. The summed E-state index contributed by atoms with van der Waals surface area (Å²) in [6.07, 6.45) is 3.84. The Balaban J connectivity index is 1.81. The number of hydrogen-bond acceptors (Lipinski definition) is 2. The molecule has 3 nitrogen and oxygen atoms in total. The molecule has 1 saturated heterocycles. The molecule has 0 aromatic heterocycles. The van der Waals surface area contributed by atoms with Gasteiger partial charge < -0.3 is 5.32 Å². The fourth-order valence-electron chi connectivity index (χ4n) is 3.06. The van der Waals surface area contributed by atoms with Crippen molar-refractivity contribution in [1.29, 1.82) is 0 Å². The van der Waals surface area contributed by atoms with E-state index >= 15 is 0 Å². The molecule has 1 aromatic rings. The third-order valence-electron chi connectivity index (χ3n) is 4.68. The summed E-state index contributed by atoms with van der Waals surface area (Å²) in [6.45, 7) is 6.99. The van der Waals surface area contributed by atoms with Crippen LogP contribution in [0.1, 0.15) is 45.1 Å². The van der Waals surface area contributed by atoms with Crippen molar-refractivity contribution in [2.24, 2.45) is 5.92 Å². The number of hydrogen-bond donors (Lipinski definition) is 1. The van der Waals surface area contributed by atoms with Crippen LogP contribution in [-0.2, 0) is 11.3 Å². The Hall–Kier alpha value is -0.770. The molecule has 1 amide bonds. The molecule has 128 valence electrons. The summed E-state index contributed by atoms with van der Waals surface area (Å²) in [5.41, 5.74) is 1.17. The standard InChI is InChI=1S/C18H26Cl2N2O/c1-3-15(4-2)21-18(23)14-7-9-22(10-8-14)12-13-5-6-16(19)17(20)11-13/h5-6,11,14-15H,3-4,7-10,12H2,1-2H3,(H,21,23). The van der Waals surface area contributed by atoms with Crippen molar-refractivity contribution in [3.05, 3.63) is 33.8 Å². The monoisotopic (exact) mass is 356 g/mol. The van der Waals surface area contributed by atoms with Gasteiger partial charge in [0.2, 0.25) is 5.91 Å². The average molecular weight is 357 g/mol. The van der Waals surface area contributed by atoms with Gasteiger partial charge in [-0.2, -0.15) is 0 Å². The smallest absolute Gasteiger partial charge is 0.223 e. The van der Waals surface area contributed by atoms with Crippen molar-refractivity contribution < 1.29 is 4.79 Å². The van der Waals surface area contributed by atoms with Gasteiger partial charge in [-0.05, 0) is 56.5 Å². The van der Waals surface area contributed by atoms with E-state index in [1.165, 1.54) is 5.56 Å². The Kier molecular flexibility index (Phi) is 7.19. The predicted octanol–water partition coefficient (Wildman–Crippen LogP) is 4.51. The van der Waals surface area contributed by atoms with E-state index in [4.69, 9.17) is 23.2 Å². The number of nitrogens with zero attached hydrogens (tertiary/aromatic N) is 1. The second-order valence-corrected chi connectivity index (χ2v) is 7.14. The Bertz CT molecular complexity index is 524. The fourth-order valence-corrected chi connectivity index (χ4v) is 3.38. The number of likely N-dealkylation sites (tertiary alicyclic amines) is 1. The zero-order valence-corrected chi connectivity index (χ0v) is 15.5. The van der Waals surface area contributed by atoms with Gasteiger partial charge >= 0.3 is 0 Å². The first-order chi connectivity index (χ1) is 11.0. The molecule has 23 heavy (non-hydrogen) atoms. The third kappa shape index (κ3) is 5.37. The maximum Gasteiger partial charge on any atom is 0.223 e. The molecule has 1 aliphatic heterocycles. The summed E-state index contributed by atoms with van der Waals surface area (Å²) in [4.78, 5) is 14.7. The van der Waals surface area contributed by atoms with Crippen molar-refractivity contribution in [2.75, 3.05) is 13.1 Å². The van der Waals surface area contributed by atoms with E-state index in [2.05, 4.69) is 24.1 Å². The zero-order chi connectivity index (χ0) is 16.8. The first-order valence-electron chi connectivity index (χ1n) is 8.50. The van der Waals surface area contributed by atoms with Gasteiger partial charge in [0.25, 0.3) is 0 Å². The summed E-state index contributed by atoms with van der Waals surface area (Å²) in [5, 5.41) is 4.37. The first kappa shape index (κ1) is 18.6. The lowest BCUT2D eigenvalue weighted by Crippen LogP contribution is -2.43. The number of carbonyl (C=O) groups excluding carboxylic acids is 1. The quantitative estimate of drug-likeness (QED) is 0.812. The second kappa shape index (κ2) is 8.91. The van der Waals surface area contributed by atoms with Crippen LogP contribution in [0.25, 0.3) is 0 Å². The van der Waals surface area contributed by atoms with E-state index in [1.54, 1.807) is 0 Å². The van der Waals surface area contributed by atoms with Crippen LogP contribution in [0, 0.1) is 5.92 Å². The molecule has 5 heteroatoms. The molecule has 1 aromatic carbocycles. The van der Waals surface area contributed by atoms with Crippen molar-refractivity contribution in [1.82, 2.24) is 10.2 Å². The Morgan fingerprint density at radius 2 is 1.87 bits per heavy atom. The Morgan fingerprint density at radius 1 is 1.22 bits per heavy atom. The van der Waals surface area contributed by atoms with Gasteiger partial charge in [-0.1, -0.05) is 43.1 Å². The largest absolute Gasteiger partial charge is 0.353 e. The summed E-state index contributed by atoms with van der Waals surface area (Å²) < 4.78 is 0. The van der Waals surface area contributed by atoms with E-state index in [-0.39, 0.29) is 11.8 Å². The number of halogens is 2. The van der Waals surface area contributed by atoms with Crippen LogP contribution < -0.4 is 5.32 Å². The van der Waals surface area contributed by atoms with Gasteiger partial charge in [0.1, 0.15) is 0 Å². The topological polar surface area (TPSA) is 32.3 Å². The molecule has 0 spiro atoms. The van der Waals surface area contributed by atoms with Crippen LogP contribution >= 0.6 is 23.2 Å². The molecule has 1 N–H and O–H groups in total. The van der Waals surface area contributed by atoms with E-state index in [0.717, 1.165) is 45.3 Å². The summed E-state index contributed by atoms with van der Waals surface area (Å²) in [7, 11) is 0. The minimum Gasteiger partial charge on any atom is -0.353 e. The van der Waals surface area contributed by atoms with Crippen molar-refractivity contribution in [3.63, 3.8) is 0 Å². The van der Waals surface area contributed by atoms with Crippen LogP contribution in [0.5, 0.6) is 0 Å². The Labute approximate surface area is 149 Å². The molecule has 0 atom stereocenters. The zero-order valence-electron chi connectivity index (χ0n) is 13.9. The molecule has 2 rings (SSSR count). The van der Waals surface area contributed by atoms with Gasteiger partial charge in [0.05, 0.1) is 10.0 Å². The molecule has 1 aliphatic rings. The van der Waals surface area contributed by atoms with E-state index in [0.29, 0.717) is 16.1 Å². The summed E-state index contributed by atoms with van der Waals surface area (Å²) in [5.74, 6) is 0.383. The number of rotatable bonds is 6. The molecule has 0 bridgehead atoms. The van der Waals surface area contributed by atoms with Crippen LogP contribution in [0.15, 0.2) is 18.2 Å². The predicted molar refractivity (Wildman–Crippen MR) is 97.0 cm³/mol. The average Bonchev–Trinajstić information content (AvgIpc) is 2.56. The maximum absolute atomic E-state index is 12.3. The highest BCUT2D eigenvalue weighted by Gasteiger charge is 2.25. The van der Waals surface area contributed by atoms with Crippen LogP contribution in [0.3, 0.4) is 0 Å². The van der Waals surface area contributed by atoms with Crippen molar-refractivity contribution >= 4 is 29.1 Å². The molecule has 0 aliphatic carbocycles. The molecule has 0 unspecified atom stereocenters. The normalized spacial score (nSPS) is 16.7. The highest BCUT2D eigenvalue weighted by molar-refractivity contribution is 6.42. The highest BCUT2D eigenvalue weighted by atomic mass is 35.5. The van der Waals surface area contributed by atoms with Crippen LogP contribution in [0.4, 0.5) is 0 Å². The van der Waals surface area contributed by atoms with Crippen molar-refractivity contribution in [3.8, 4) is 0 Å². The van der Waals surface area contributed by atoms with Gasteiger partial charge in [-0.25, -0.2) is 0 Å². The maximum atomic E-state index is 12.3. The molecular weight excluding hydrogens is 331 g/mol. The fraction of sp³-hybridized carbons (Fsp3) is 0.611. The summed E-state index contributed by atoms with van der Waals surface area (Å²) >= 11 is 12.0. The SMILES string of the molecule is CCC(CC)NC(=O)C1CCN(Cc2ccc(Cl)c(Cl)c2)CC1. The molecular formula is C18H26Cl2N2O. The lowest BCUT2D eigenvalue weighted by Gasteiger charge is -2.32. The molecule has 0 radical (unpaired) electrons. The number of benzene rings is 1. The van der Waals surface area contributed by atoms with Crippen LogP contribution in [0.2, 0.25) is 10.0 Å². The third-order valence-corrected chi connectivity index (χ3v) is 5.42. The first-order valence-corrected chi connectivity index (χ1v) is 9.25. The second-order valence-electron chi connectivity index (χ2n) is 6.32. The lowest BCUT2D eigenvalue weighted by atomic mass is 9.95. The van der Waals surface area contributed by atoms with Gasteiger partial charge in [-0.3, -0.25) is 9.69 Å². The van der Waals surface area contributed by atoms with Gasteiger partial charge in [-0.15, -0.1) is 0 Å². The van der Waals surface area contributed by atoms with Crippen LogP contribution in [-0.4, -0.2) is 29.9 Å². The van der Waals surface area contributed by atoms with E-state index in [9.17, 15) is 4.79 Å². The number of nitrogens with one attached hydrogen (secondary N) is 1. The van der Waals surface area contributed by atoms with Gasteiger partial charge in [0.15, 0.2) is 0 Å². The van der Waals surface area contributed by atoms with Crippen molar-refractivity contribution in [2.45, 2.75) is 52.1 Å². The summed E-state index contributed by atoms with van der Waals surface area (Å²) in [6, 6.07) is 6.10. The molecule has 1 heterocycles. The minimum atomic E-state index is 0.153. The Morgan fingerprint density at radius 3 is 2.43 bits per heavy atom. The van der Waals surface area contributed by atoms with E-state index < -0.39 is 0 Å². The number of carbonyl (C=O) groups is 1. The highest BCUT2D eigenvalue weighted by Crippen LogP contribution is 2.25. The van der Waals surface area contributed by atoms with Gasteiger partial charge in [0, 0.05) is 18.5 Å². The van der Waals surface area contributed by atoms with E-state index in [1.807, 2.05) is 18.2 Å².